The van der Waals surface area contributed by atoms with Gasteiger partial charge in [0.15, 0.2) is 11.6 Å². The summed E-state index contributed by atoms with van der Waals surface area (Å²) in [6, 6.07) is 11.6. The molecule has 17 heavy (non-hydrogen) atoms. The normalized spacial score (nSPS) is 9.41. The molecule has 0 spiro atoms. The third-order valence-corrected chi connectivity index (χ3v) is 2.14. The number of imidazole rings is 1. The number of aromatic nitrogens is 2. The van der Waals surface area contributed by atoms with Crippen LogP contribution in [0.1, 0.15) is 0 Å². The highest BCUT2D eigenvalue weighted by atomic mass is 16.3. The number of furan rings is 1. The number of para-hydroxylation sites is 2. The van der Waals surface area contributed by atoms with E-state index in [1.165, 1.54) is 0 Å². The summed E-state index contributed by atoms with van der Waals surface area (Å²) in [6.45, 7) is 0. The van der Waals surface area contributed by atoms with Crippen LogP contribution in [0.25, 0.3) is 22.6 Å². The molecular formula is C12H8N2O3. The van der Waals surface area contributed by atoms with E-state index in [-0.39, 0.29) is 6.15 Å². The molecule has 0 atom stereocenters. The lowest BCUT2D eigenvalue weighted by Gasteiger charge is -1.85. The fraction of sp³-hybridized carbons (Fsp3) is 0. The van der Waals surface area contributed by atoms with E-state index in [1.54, 1.807) is 6.26 Å². The van der Waals surface area contributed by atoms with E-state index in [1.807, 2.05) is 36.4 Å². The Bertz CT molecular complexity index is 602. The Labute approximate surface area is 96.1 Å². The average molecular weight is 228 g/mol. The van der Waals surface area contributed by atoms with Gasteiger partial charge in [-0.1, -0.05) is 12.1 Å². The molecule has 3 aromatic rings. The standard InChI is InChI=1S/C11H8N2O.CO2/c1-2-5-9-8(4-1)12-11(13-9)10-6-3-7-14-10;2-1-3/h1-7H,(H,12,13);. The predicted octanol–water partition coefficient (Wildman–Crippen LogP) is 2.24. The molecule has 0 fully saturated rings. The van der Waals surface area contributed by atoms with Crippen molar-refractivity contribution >= 4 is 17.2 Å². The zero-order valence-corrected chi connectivity index (χ0v) is 8.71. The second kappa shape index (κ2) is 4.92. The van der Waals surface area contributed by atoms with E-state index in [0.717, 1.165) is 22.6 Å². The molecule has 0 amide bonds. The maximum atomic E-state index is 8.12. The van der Waals surface area contributed by atoms with E-state index in [0.29, 0.717) is 0 Å². The van der Waals surface area contributed by atoms with Crippen molar-refractivity contribution in [2.75, 3.05) is 0 Å². The lowest BCUT2D eigenvalue weighted by atomic mass is 10.3. The largest absolute Gasteiger partial charge is 0.461 e. The molecule has 0 aliphatic heterocycles. The number of H-pyrrole nitrogens is 1. The average Bonchev–Trinajstić information content (AvgIpc) is 2.99. The number of benzene rings is 1. The van der Waals surface area contributed by atoms with Crippen molar-refractivity contribution in [1.82, 2.24) is 9.97 Å². The summed E-state index contributed by atoms with van der Waals surface area (Å²) < 4.78 is 5.26. The molecule has 0 radical (unpaired) electrons. The highest BCUT2D eigenvalue weighted by Gasteiger charge is 2.05. The molecule has 5 nitrogen and oxygen atoms in total. The molecule has 0 unspecified atom stereocenters. The van der Waals surface area contributed by atoms with Gasteiger partial charge in [-0.2, -0.15) is 9.59 Å². The summed E-state index contributed by atoms with van der Waals surface area (Å²) in [7, 11) is 0. The van der Waals surface area contributed by atoms with Crippen LogP contribution in [0.2, 0.25) is 0 Å². The first kappa shape index (κ1) is 10.9. The van der Waals surface area contributed by atoms with Gasteiger partial charge in [0.25, 0.3) is 0 Å². The minimum atomic E-state index is 0.250. The second-order valence-corrected chi connectivity index (χ2v) is 3.16. The quantitative estimate of drug-likeness (QED) is 0.692. The second-order valence-electron chi connectivity index (χ2n) is 3.16. The van der Waals surface area contributed by atoms with Crippen molar-refractivity contribution in [2.45, 2.75) is 0 Å². The molecule has 0 aliphatic carbocycles. The van der Waals surface area contributed by atoms with Gasteiger partial charge in [0.2, 0.25) is 0 Å². The van der Waals surface area contributed by atoms with Gasteiger partial charge in [-0.05, 0) is 24.3 Å². The van der Waals surface area contributed by atoms with Crippen LogP contribution >= 0.6 is 0 Å². The fourth-order valence-electron chi connectivity index (χ4n) is 1.48. The van der Waals surface area contributed by atoms with Crippen LogP contribution < -0.4 is 0 Å². The Kier molecular flexibility index (Phi) is 3.14. The Morgan fingerprint density at radius 2 is 1.88 bits per heavy atom. The van der Waals surface area contributed by atoms with E-state index in [2.05, 4.69) is 9.97 Å². The SMILES string of the molecule is O=C=O.c1coc(-c2nc3ccccc3[nH]2)c1. The molecule has 84 valence electrons. The summed E-state index contributed by atoms with van der Waals surface area (Å²) in [5.41, 5.74) is 1.98. The molecule has 1 aromatic carbocycles. The van der Waals surface area contributed by atoms with Crippen molar-refractivity contribution < 1.29 is 14.0 Å². The molecule has 0 saturated carbocycles. The number of hydrogen-bond acceptors (Lipinski definition) is 4. The van der Waals surface area contributed by atoms with Gasteiger partial charge >= 0.3 is 6.15 Å². The van der Waals surface area contributed by atoms with Gasteiger partial charge in [-0.15, -0.1) is 0 Å². The molecule has 1 N–H and O–H groups in total. The Morgan fingerprint density at radius 1 is 1.12 bits per heavy atom. The topological polar surface area (TPSA) is 76.0 Å². The highest BCUT2D eigenvalue weighted by Crippen LogP contribution is 2.19. The zero-order chi connectivity index (χ0) is 12.1. The van der Waals surface area contributed by atoms with Crippen LogP contribution in [0.4, 0.5) is 0 Å². The number of nitrogens with one attached hydrogen (secondary N) is 1. The Hall–Kier alpha value is -2.65. The van der Waals surface area contributed by atoms with Gasteiger partial charge in [0.05, 0.1) is 17.3 Å². The molecule has 0 aliphatic rings. The van der Waals surface area contributed by atoms with Crippen LogP contribution in [-0.2, 0) is 9.59 Å². The maximum absolute atomic E-state index is 8.12. The number of fused-ring (bicyclic) bond motifs is 1. The predicted molar refractivity (Wildman–Crippen MR) is 58.8 cm³/mol. The Morgan fingerprint density at radius 3 is 2.53 bits per heavy atom. The number of hydrogen-bond donors (Lipinski definition) is 1. The van der Waals surface area contributed by atoms with Gasteiger partial charge in [-0.25, -0.2) is 4.98 Å². The molecule has 2 heterocycles. The van der Waals surface area contributed by atoms with Gasteiger partial charge in [0, 0.05) is 0 Å². The number of nitrogens with zero attached hydrogens (tertiary/aromatic N) is 1. The van der Waals surface area contributed by atoms with E-state index in [9.17, 15) is 0 Å². The lowest BCUT2D eigenvalue weighted by molar-refractivity contribution is -0.191. The van der Waals surface area contributed by atoms with Crippen molar-refractivity contribution in [3.8, 4) is 11.6 Å². The smallest absolute Gasteiger partial charge is 0.373 e. The van der Waals surface area contributed by atoms with Crippen molar-refractivity contribution in [3.05, 3.63) is 42.7 Å². The zero-order valence-electron chi connectivity index (χ0n) is 8.71. The maximum Gasteiger partial charge on any atom is 0.373 e. The van der Waals surface area contributed by atoms with E-state index in [4.69, 9.17) is 14.0 Å². The van der Waals surface area contributed by atoms with E-state index >= 15 is 0 Å². The van der Waals surface area contributed by atoms with Gasteiger partial charge < -0.3 is 9.40 Å². The lowest BCUT2D eigenvalue weighted by Crippen LogP contribution is -1.73. The minimum absolute atomic E-state index is 0.250. The molecular weight excluding hydrogens is 220 g/mol. The third kappa shape index (κ3) is 2.30. The molecule has 2 aromatic heterocycles. The Balaban J connectivity index is 0.000000329. The first-order chi connectivity index (χ1) is 8.35. The molecule has 3 rings (SSSR count). The summed E-state index contributed by atoms with van der Waals surface area (Å²) >= 11 is 0. The molecule has 5 heteroatoms. The van der Waals surface area contributed by atoms with Crippen molar-refractivity contribution in [3.63, 3.8) is 0 Å². The van der Waals surface area contributed by atoms with Crippen LogP contribution in [0.3, 0.4) is 0 Å². The monoisotopic (exact) mass is 228 g/mol. The number of aromatic amines is 1. The molecule has 0 bridgehead atoms. The van der Waals surface area contributed by atoms with Gasteiger partial charge in [-0.3, -0.25) is 0 Å². The summed E-state index contributed by atoms with van der Waals surface area (Å²) in [5, 5.41) is 0. The first-order valence-corrected chi connectivity index (χ1v) is 4.83. The number of carbonyl (C=O) groups excluding carboxylic acids is 2. The first-order valence-electron chi connectivity index (χ1n) is 4.83. The van der Waals surface area contributed by atoms with Crippen LogP contribution in [0.5, 0.6) is 0 Å². The van der Waals surface area contributed by atoms with Gasteiger partial charge in [0.1, 0.15) is 0 Å². The fourth-order valence-corrected chi connectivity index (χ4v) is 1.48. The third-order valence-electron chi connectivity index (χ3n) is 2.14. The van der Waals surface area contributed by atoms with Crippen LogP contribution in [-0.4, -0.2) is 16.1 Å². The van der Waals surface area contributed by atoms with Crippen molar-refractivity contribution in [2.24, 2.45) is 0 Å². The van der Waals surface area contributed by atoms with Crippen LogP contribution in [0, 0.1) is 0 Å². The summed E-state index contributed by atoms with van der Waals surface area (Å²) in [4.78, 5) is 23.8. The minimum Gasteiger partial charge on any atom is -0.461 e. The van der Waals surface area contributed by atoms with Crippen molar-refractivity contribution in [1.29, 1.82) is 0 Å². The van der Waals surface area contributed by atoms with E-state index < -0.39 is 0 Å². The highest BCUT2D eigenvalue weighted by molar-refractivity contribution is 5.78. The van der Waals surface area contributed by atoms with Crippen LogP contribution in [0.15, 0.2) is 47.1 Å². The summed E-state index contributed by atoms with van der Waals surface area (Å²) in [5.74, 6) is 1.54. The molecule has 0 saturated heterocycles. The summed E-state index contributed by atoms with van der Waals surface area (Å²) in [6.07, 6.45) is 1.89. The number of rotatable bonds is 1.